The molecule has 0 amide bonds. The molecule has 1 saturated heterocycles. The Morgan fingerprint density at radius 2 is 2.47 bits per heavy atom. The molecule has 1 aliphatic heterocycles. The van der Waals surface area contributed by atoms with E-state index in [2.05, 4.69) is 22.1 Å². The molecule has 0 bridgehead atoms. The topological polar surface area (TPSA) is 24.9 Å². The van der Waals surface area contributed by atoms with Gasteiger partial charge in [0.2, 0.25) is 0 Å². The fourth-order valence-electron chi connectivity index (χ4n) is 1.68. The summed E-state index contributed by atoms with van der Waals surface area (Å²) < 4.78 is 0.777. The predicted molar refractivity (Wildman–Crippen MR) is 68.9 cm³/mol. The molecule has 2 rings (SSSR count). The number of rotatable bonds is 4. The summed E-state index contributed by atoms with van der Waals surface area (Å²) in [5.41, 5.74) is 0. The first-order valence-corrected chi connectivity index (χ1v) is 7.51. The highest BCUT2D eigenvalue weighted by molar-refractivity contribution is 7.99. The van der Waals surface area contributed by atoms with Crippen molar-refractivity contribution in [2.45, 2.75) is 31.1 Å². The fraction of sp³-hybridized carbons (Fsp3) is 0.700. The number of nitrogens with one attached hydrogen (secondary N) is 1. The van der Waals surface area contributed by atoms with Gasteiger partial charge in [0.25, 0.3) is 0 Å². The molecule has 0 aromatic carbocycles. The van der Waals surface area contributed by atoms with Crippen molar-refractivity contribution in [2.75, 3.05) is 12.3 Å². The van der Waals surface area contributed by atoms with Gasteiger partial charge in [-0.25, -0.2) is 4.98 Å². The normalized spacial score (nSPS) is 21.8. The first kappa shape index (κ1) is 11.7. The van der Waals surface area contributed by atoms with E-state index in [4.69, 9.17) is 11.6 Å². The van der Waals surface area contributed by atoms with Crippen LogP contribution in [0.1, 0.15) is 24.3 Å². The number of hydrogen-bond donors (Lipinski definition) is 1. The van der Waals surface area contributed by atoms with Gasteiger partial charge in [0.15, 0.2) is 0 Å². The van der Waals surface area contributed by atoms with Gasteiger partial charge in [-0.3, -0.25) is 0 Å². The first-order chi connectivity index (χ1) is 7.34. The molecule has 84 valence electrons. The molecule has 1 N–H and O–H groups in total. The highest BCUT2D eigenvalue weighted by atomic mass is 35.5. The number of thiazole rings is 1. The maximum Gasteiger partial charge on any atom is 0.113 e. The molecular weight excluding hydrogens is 248 g/mol. The van der Waals surface area contributed by atoms with E-state index in [1.54, 1.807) is 17.5 Å². The molecular formula is C10H15ClN2S2. The lowest BCUT2D eigenvalue weighted by molar-refractivity contribution is 0.597. The van der Waals surface area contributed by atoms with Gasteiger partial charge in [0.1, 0.15) is 9.34 Å². The lowest BCUT2D eigenvalue weighted by Crippen LogP contribution is -2.26. The Morgan fingerprint density at radius 3 is 3.13 bits per heavy atom. The van der Waals surface area contributed by atoms with Gasteiger partial charge in [-0.1, -0.05) is 18.0 Å². The van der Waals surface area contributed by atoms with Crippen LogP contribution in [0.4, 0.5) is 0 Å². The van der Waals surface area contributed by atoms with Crippen molar-refractivity contribution in [2.24, 2.45) is 0 Å². The smallest absolute Gasteiger partial charge is 0.113 e. The molecule has 0 spiro atoms. The Bertz CT molecular complexity index is 297. The third-order valence-electron chi connectivity index (χ3n) is 2.45. The molecule has 15 heavy (non-hydrogen) atoms. The van der Waals surface area contributed by atoms with E-state index < -0.39 is 0 Å². The van der Waals surface area contributed by atoms with Gasteiger partial charge in [0, 0.05) is 18.3 Å². The van der Waals surface area contributed by atoms with Gasteiger partial charge in [-0.05, 0) is 18.6 Å². The van der Waals surface area contributed by atoms with E-state index in [-0.39, 0.29) is 0 Å². The second-order valence-corrected chi connectivity index (χ2v) is 6.83. The standard InChI is InChI=1S/C10H15ClN2S2/c11-9-6-13-10(15-9)7-12-5-8-3-1-2-4-14-8/h6,8,12H,1-5,7H2. The quantitative estimate of drug-likeness (QED) is 0.902. The number of halogens is 1. The average Bonchev–Trinajstić information content (AvgIpc) is 2.66. The van der Waals surface area contributed by atoms with Crippen molar-refractivity contribution in [1.82, 2.24) is 10.3 Å². The lowest BCUT2D eigenvalue weighted by atomic mass is 10.2. The van der Waals surface area contributed by atoms with Crippen molar-refractivity contribution < 1.29 is 0 Å². The molecule has 0 aliphatic carbocycles. The summed E-state index contributed by atoms with van der Waals surface area (Å²) in [5, 5.41) is 5.34. The van der Waals surface area contributed by atoms with Crippen LogP contribution < -0.4 is 5.32 Å². The summed E-state index contributed by atoms with van der Waals surface area (Å²) in [5.74, 6) is 1.33. The molecule has 2 nitrogen and oxygen atoms in total. The van der Waals surface area contributed by atoms with Gasteiger partial charge in [0.05, 0.1) is 6.20 Å². The van der Waals surface area contributed by atoms with E-state index in [9.17, 15) is 0 Å². The van der Waals surface area contributed by atoms with Crippen LogP contribution in [0.5, 0.6) is 0 Å². The van der Waals surface area contributed by atoms with Crippen LogP contribution in [0.3, 0.4) is 0 Å². The molecule has 2 heterocycles. The SMILES string of the molecule is Clc1cnc(CNCC2CCCCS2)s1. The van der Waals surface area contributed by atoms with Crippen LogP contribution in [0.2, 0.25) is 4.34 Å². The van der Waals surface area contributed by atoms with Gasteiger partial charge < -0.3 is 5.32 Å². The van der Waals surface area contributed by atoms with Crippen LogP contribution in [0.15, 0.2) is 6.20 Å². The Morgan fingerprint density at radius 1 is 1.53 bits per heavy atom. The van der Waals surface area contributed by atoms with E-state index in [0.717, 1.165) is 27.7 Å². The third-order valence-corrected chi connectivity index (χ3v) is 4.96. The fourth-order valence-corrected chi connectivity index (χ4v) is 3.88. The van der Waals surface area contributed by atoms with Crippen molar-refractivity contribution in [1.29, 1.82) is 0 Å². The van der Waals surface area contributed by atoms with Gasteiger partial charge in [-0.2, -0.15) is 11.8 Å². The van der Waals surface area contributed by atoms with Crippen molar-refractivity contribution in [3.63, 3.8) is 0 Å². The first-order valence-electron chi connectivity index (χ1n) is 5.27. The van der Waals surface area contributed by atoms with E-state index >= 15 is 0 Å². The van der Waals surface area contributed by atoms with Crippen LogP contribution in [0.25, 0.3) is 0 Å². The Balaban J connectivity index is 1.65. The number of hydrogen-bond acceptors (Lipinski definition) is 4. The lowest BCUT2D eigenvalue weighted by Gasteiger charge is -2.21. The monoisotopic (exact) mass is 262 g/mol. The van der Waals surface area contributed by atoms with Crippen LogP contribution >= 0.6 is 34.7 Å². The minimum absolute atomic E-state index is 0.777. The maximum atomic E-state index is 5.81. The van der Waals surface area contributed by atoms with Crippen molar-refractivity contribution >= 4 is 34.7 Å². The maximum absolute atomic E-state index is 5.81. The summed E-state index contributed by atoms with van der Waals surface area (Å²) in [7, 11) is 0. The molecule has 5 heteroatoms. The second-order valence-electron chi connectivity index (χ2n) is 3.68. The van der Waals surface area contributed by atoms with E-state index in [0.29, 0.717) is 0 Å². The summed E-state index contributed by atoms with van der Waals surface area (Å²) in [4.78, 5) is 4.22. The van der Waals surface area contributed by atoms with Crippen molar-refractivity contribution in [3.05, 3.63) is 15.5 Å². The van der Waals surface area contributed by atoms with Crippen LogP contribution in [-0.2, 0) is 6.54 Å². The van der Waals surface area contributed by atoms with Crippen LogP contribution in [-0.4, -0.2) is 22.5 Å². The third kappa shape index (κ3) is 3.94. The molecule has 1 unspecified atom stereocenters. The molecule has 1 atom stereocenters. The molecule has 1 fully saturated rings. The number of thioether (sulfide) groups is 1. The zero-order valence-electron chi connectivity index (χ0n) is 8.54. The zero-order chi connectivity index (χ0) is 10.5. The molecule has 1 aromatic heterocycles. The minimum atomic E-state index is 0.777. The second kappa shape index (κ2) is 6.09. The van der Waals surface area contributed by atoms with E-state index in [1.807, 2.05) is 0 Å². The average molecular weight is 263 g/mol. The summed E-state index contributed by atoms with van der Waals surface area (Å²) in [6.07, 6.45) is 5.86. The molecule has 1 aliphatic rings. The Labute approximate surface area is 104 Å². The predicted octanol–water partition coefficient (Wildman–Crippen LogP) is 3.17. The molecule has 1 aromatic rings. The largest absolute Gasteiger partial charge is 0.309 e. The Hall–Kier alpha value is 0.230. The van der Waals surface area contributed by atoms with Gasteiger partial charge >= 0.3 is 0 Å². The highest BCUT2D eigenvalue weighted by Crippen LogP contribution is 2.24. The van der Waals surface area contributed by atoms with Crippen molar-refractivity contribution in [3.8, 4) is 0 Å². The highest BCUT2D eigenvalue weighted by Gasteiger charge is 2.13. The summed E-state index contributed by atoms with van der Waals surface area (Å²) in [6, 6.07) is 0. The number of nitrogens with zero attached hydrogens (tertiary/aromatic N) is 1. The minimum Gasteiger partial charge on any atom is -0.309 e. The summed E-state index contributed by atoms with van der Waals surface area (Å²) >= 11 is 9.47. The summed E-state index contributed by atoms with van der Waals surface area (Å²) in [6.45, 7) is 1.95. The molecule has 0 saturated carbocycles. The van der Waals surface area contributed by atoms with Crippen LogP contribution in [0, 0.1) is 0 Å². The Kier molecular flexibility index (Phi) is 4.75. The zero-order valence-corrected chi connectivity index (χ0v) is 10.9. The number of aromatic nitrogens is 1. The van der Waals surface area contributed by atoms with E-state index in [1.165, 1.54) is 25.0 Å². The molecule has 0 radical (unpaired) electrons. The van der Waals surface area contributed by atoms with Gasteiger partial charge in [-0.15, -0.1) is 11.3 Å².